The van der Waals surface area contributed by atoms with Crippen LogP contribution in [0.25, 0.3) is 0 Å². The summed E-state index contributed by atoms with van der Waals surface area (Å²) in [6.07, 6.45) is 0.123. The van der Waals surface area contributed by atoms with Crippen LogP contribution in [0.4, 0.5) is 0 Å². The highest BCUT2D eigenvalue weighted by molar-refractivity contribution is 5.72. The van der Waals surface area contributed by atoms with Crippen LogP contribution in [0.2, 0.25) is 0 Å². The fourth-order valence-electron chi connectivity index (χ4n) is 1.68. The Morgan fingerprint density at radius 2 is 2.06 bits per heavy atom. The minimum Gasteiger partial charge on any atom is -0.481 e. The summed E-state index contributed by atoms with van der Waals surface area (Å²) in [5, 5.41) is 8.58. The van der Waals surface area contributed by atoms with Crippen molar-refractivity contribution in [3.63, 3.8) is 0 Å². The molecule has 4 nitrogen and oxygen atoms in total. The Morgan fingerprint density at radius 1 is 1.33 bits per heavy atom. The van der Waals surface area contributed by atoms with Gasteiger partial charge in [-0.1, -0.05) is 36.8 Å². The largest absolute Gasteiger partial charge is 0.481 e. The molecule has 0 spiro atoms. The van der Waals surface area contributed by atoms with Gasteiger partial charge in [0.25, 0.3) is 0 Å². The number of rotatable bonds is 6. The molecule has 18 heavy (non-hydrogen) atoms. The van der Waals surface area contributed by atoms with Gasteiger partial charge in [0.15, 0.2) is 0 Å². The maximum Gasteiger partial charge on any atom is 0.306 e. The molecule has 0 aliphatic carbocycles. The molecule has 98 valence electrons. The average molecular weight is 250 g/mol. The highest BCUT2D eigenvalue weighted by Crippen LogP contribution is 2.10. The summed E-state index contributed by atoms with van der Waals surface area (Å²) < 4.78 is 5.10. The Balaban J connectivity index is 2.35. The van der Waals surface area contributed by atoms with Gasteiger partial charge < -0.3 is 9.84 Å². The van der Waals surface area contributed by atoms with Crippen molar-refractivity contribution in [2.75, 3.05) is 0 Å². The number of aryl methyl sites for hydroxylation is 1. The second kappa shape index (κ2) is 6.79. The summed E-state index contributed by atoms with van der Waals surface area (Å²) in [6.45, 7) is 3.93. The van der Waals surface area contributed by atoms with Crippen LogP contribution in [0, 0.1) is 12.8 Å². The maximum atomic E-state index is 11.5. The van der Waals surface area contributed by atoms with E-state index in [1.54, 1.807) is 6.92 Å². The van der Waals surface area contributed by atoms with Crippen LogP contribution in [-0.2, 0) is 20.9 Å². The van der Waals surface area contributed by atoms with E-state index >= 15 is 0 Å². The Kier molecular flexibility index (Phi) is 5.36. The third-order valence-corrected chi connectivity index (χ3v) is 2.52. The lowest BCUT2D eigenvalue weighted by Gasteiger charge is -2.09. The topological polar surface area (TPSA) is 63.6 Å². The van der Waals surface area contributed by atoms with Gasteiger partial charge in [-0.05, 0) is 18.4 Å². The first-order valence-corrected chi connectivity index (χ1v) is 5.90. The third-order valence-electron chi connectivity index (χ3n) is 2.52. The van der Waals surface area contributed by atoms with Crippen LogP contribution < -0.4 is 0 Å². The number of hydrogen-bond donors (Lipinski definition) is 1. The van der Waals surface area contributed by atoms with E-state index in [4.69, 9.17) is 9.84 Å². The molecule has 0 saturated heterocycles. The van der Waals surface area contributed by atoms with Gasteiger partial charge >= 0.3 is 11.9 Å². The summed E-state index contributed by atoms with van der Waals surface area (Å²) in [6, 6.07) is 7.72. The molecule has 4 heteroatoms. The molecule has 1 rings (SSSR count). The van der Waals surface area contributed by atoms with E-state index in [9.17, 15) is 9.59 Å². The number of benzene rings is 1. The summed E-state index contributed by atoms with van der Waals surface area (Å²) in [5.41, 5.74) is 2.05. The van der Waals surface area contributed by atoms with Crippen molar-refractivity contribution in [2.24, 2.45) is 5.92 Å². The van der Waals surface area contributed by atoms with Crippen molar-refractivity contribution in [3.05, 3.63) is 35.4 Å². The first-order valence-electron chi connectivity index (χ1n) is 5.90. The van der Waals surface area contributed by atoms with Crippen LogP contribution in [0.1, 0.15) is 30.9 Å². The van der Waals surface area contributed by atoms with E-state index in [1.165, 1.54) is 0 Å². The number of aliphatic carboxylic acids is 1. The molecule has 0 radical (unpaired) electrons. The Labute approximate surface area is 107 Å². The maximum absolute atomic E-state index is 11.5. The third kappa shape index (κ3) is 5.48. The van der Waals surface area contributed by atoms with Crippen LogP contribution in [0.3, 0.4) is 0 Å². The van der Waals surface area contributed by atoms with Gasteiger partial charge in [0.1, 0.15) is 6.61 Å². The van der Waals surface area contributed by atoms with Crippen molar-refractivity contribution in [2.45, 2.75) is 33.3 Å². The molecule has 0 aliphatic heterocycles. The van der Waals surface area contributed by atoms with E-state index < -0.39 is 5.97 Å². The Bertz CT molecular complexity index is 426. The number of carbonyl (C=O) groups excluding carboxylic acids is 1. The van der Waals surface area contributed by atoms with Crippen molar-refractivity contribution >= 4 is 11.9 Å². The van der Waals surface area contributed by atoms with Crippen LogP contribution in [0.5, 0.6) is 0 Å². The summed E-state index contributed by atoms with van der Waals surface area (Å²) in [5.74, 6) is -1.45. The highest BCUT2D eigenvalue weighted by atomic mass is 16.5. The van der Waals surface area contributed by atoms with Crippen molar-refractivity contribution in [1.29, 1.82) is 0 Å². The van der Waals surface area contributed by atoms with Crippen molar-refractivity contribution in [3.8, 4) is 0 Å². The lowest BCUT2D eigenvalue weighted by molar-refractivity contribution is -0.146. The fourth-order valence-corrected chi connectivity index (χ4v) is 1.68. The molecule has 0 amide bonds. The van der Waals surface area contributed by atoms with Crippen molar-refractivity contribution < 1.29 is 19.4 Å². The van der Waals surface area contributed by atoms with Crippen molar-refractivity contribution in [1.82, 2.24) is 0 Å². The van der Waals surface area contributed by atoms with Gasteiger partial charge in [0, 0.05) is 12.8 Å². The molecule has 0 aliphatic rings. The van der Waals surface area contributed by atoms with Crippen LogP contribution in [-0.4, -0.2) is 17.0 Å². The second-order valence-electron chi connectivity index (χ2n) is 4.56. The molecule has 1 aromatic rings. The predicted molar refractivity (Wildman–Crippen MR) is 67.0 cm³/mol. The minimum absolute atomic E-state index is 0.0143. The molecule has 0 fully saturated rings. The molecular formula is C14H18O4. The molecule has 1 N–H and O–H groups in total. The quantitative estimate of drug-likeness (QED) is 0.788. The highest BCUT2D eigenvalue weighted by Gasteiger charge is 2.13. The zero-order chi connectivity index (χ0) is 13.5. The standard InChI is InChI=1S/C14H18O4/c1-10-4-3-5-12(6-10)9-18-14(17)8-11(2)7-13(15)16/h3-6,11H,7-9H2,1-2H3,(H,15,16). The summed E-state index contributed by atoms with van der Waals surface area (Å²) in [7, 11) is 0. The van der Waals surface area contributed by atoms with E-state index in [-0.39, 0.29) is 31.3 Å². The minimum atomic E-state index is -0.894. The summed E-state index contributed by atoms with van der Waals surface area (Å²) >= 11 is 0. The molecule has 1 aromatic carbocycles. The molecule has 0 bridgehead atoms. The second-order valence-corrected chi connectivity index (χ2v) is 4.56. The predicted octanol–water partition coefficient (Wildman–Crippen LogP) is 2.54. The SMILES string of the molecule is Cc1cccc(COC(=O)CC(C)CC(=O)O)c1. The lowest BCUT2D eigenvalue weighted by Crippen LogP contribution is -2.12. The number of carboxylic acids is 1. The smallest absolute Gasteiger partial charge is 0.306 e. The van der Waals surface area contributed by atoms with Crippen LogP contribution in [0.15, 0.2) is 24.3 Å². The molecule has 0 heterocycles. The van der Waals surface area contributed by atoms with E-state index in [1.807, 2.05) is 31.2 Å². The monoisotopic (exact) mass is 250 g/mol. The molecule has 0 aromatic heterocycles. The average Bonchev–Trinajstić information content (AvgIpc) is 2.25. The molecule has 1 atom stereocenters. The normalized spacial score (nSPS) is 11.9. The first-order chi connectivity index (χ1) is 8.47. The van der Waals surface area contributed by atoms with E-state index in [2.05, 4.69) is 0 Å². The van der Waals surface area contributed by atoms with E-state index in [0.29, 0.717) is 0 Å². The Hall–Kier alpha value is -1.84. The molecule has 0 saturated carbocycles. The fraction of sp³-hybridized carbons (Fsp3) is 0.429. The van der Waals surface area contributed by atoms with Crippen LogP contribution >= 0.6 is 0 Å². The van der Waals surface area contributed by atoms with Gasteiger partial charge in [-0.25, -0.2) is 0 Å². The van der Waals surface area contributed by atoms with Gasteiger partial charge in [-0.3, -0.25) is 9.59 Å². The summed E-state index contributed by atoms with van der Waals surface area (Å²) in [4.78, 5) is 21.9. The van der Waals surface area contributed by atoms with Gasteiger partial charge in [0.05, 0.1) is 0 Å². The first kappa shape index (κ1) is 14.2. The number of esters is 1. The molecular weight excluding hydrogens is 232 g/mol. The molecule has 1 unspecified atom stereocenters. The number of carboxylic acid groups (broad SMARTS) is 1. The van der Waals surface area contributed by atoms with E-state index in [0.717, 1.165) is 11.1 Å². The number of ether oxygens (including phenoxy) is 1. The Morgan fingerprint density at radius 3 is 2.67 bits per heavy atom. The zero-order valence-electron chi connectivity index (χ0n) is 10.7. The van der Waals surface area contributed by atoms with Gasteiger partial charge in [-0.15, -0.1) is 0 Å². The number of carbonyl (C=O) groups is 2. The lowest BCUT2D eigenvalue weighted by atomic mass is 10.0. The zero-order valence-corrected chi connectivity index (χ0v) is 10.7. The van der Waals surface area contributed by atoms with Gasteiger partial charge in [-0.2, -0.15) is 0 Å². The number of hydrogen-bond acceptors (Lipinski definition) is 3. The van der Waals surface area contributed by atoms with Gasteiger partial charge in [0.2, 0.25) is 0 Å².